The lowest BCUT2D eigenvalue weighted by Crippen LogP contribution is -2.55. The van der Waals surface area contributed by atoms with Crippen molar-refractivity contribution in [3.63, 3.8) is 0 Å². The average Bonchev–Trinajstić information content (AvgIpc) is 2.61. The van der Waals surface area contributed by atoms with Gasteiger partial charge in [-0.2, -0.15) is 0 Å². The van der Waals surface area contributed by atoms with Gasteiger partial charge in [0.1, 0.15) is 17.8 Å². The number of rotatable bonds is 11. The van der Waals surface area contributed by atoms with Crippen LogP contribution in [0.15, 0.2) is 24.3 Å². The Labute approximate surface area is 168 Å². The third-order valence-corrected chi connectivity index (χ3v) is 4.09. The summed E-state index contributed by atoms with van der Waals surface area (Å²) in [4.78, 5) is 47.2. The van der Waals surface area contributed by atoms with E-state index < -0.39 is 48.2 Å². The van der Waals surface area contributed by atoms with E-state index in [2.05, 4.69) is 10.6 Å². The van der Waals surface area contributed by atoms with E-state index in [0.717, 1.165) is 5.56 Å². The van der Waals surface area contributed by atoms with Gasteiger partial charge in [-0.1, -0.05) is 26.0 Å². The van der Waals surface area contributed by atoms with Crippen LogP contribution >= 0.6 is 0 Å². The fourth-order valence-electron chi connectivity index (χ4n) is 2.63. The molecule has 0 fully saturated rings. The van der Waals surface area contributed by atoms with Crippen LogP contribution in [0.2, 0.25) is 0 Å². The number of nitrogens with one attached hydrogen (secondary N) is 2. The fraction of sp³-hybridized carbons (Fsp3) is 0.474. The predicted molar refractivity (Wildman–Crippen MR) is 105 cm³/mol. The first-order chi connectivity index (χ1) is 13.5. The molecule has 1 aromatic rings. The van der Waals surface area contributed by atoms with Crippen LogP contribution in [-0.2, 0) is 25.6 Å². The lowest BCUT2D eigenvalue weighted by molar-refractivity contribution is -0.143. The average molecular weight is 408 g/mol. The Morgan fingerprint density at radius 1 is 1.00 bits per heavy atom. The Balaban J connectivity index is 2.81. The number of carboxylic acid groups (broad SMARTS) is 1. The van der Waals surface area contributed by atoms with Gasteiger partial charge in [0, 0.05) is 0 Å². The molecule has 0 aliphatic heterocycles. The summed E-state index contributed by atoms with van der Waals surface area (Å²) < 4.78 is 0. The summed E-state index contributed by atoms with van der Waals surface area (Å²) in [6.45, 7) is 3.67. The Kier molecular flexibility index (Phi) is 9.07. The summed E-state index contributed by atoms with van der Waals surface area (Å²) in [5.41, 5.74) is 11.7. The summed E-state index contributed by atoms with van der Waals surface area (Å²) in [7, 11) is 0. The highest BCUT2D eigenvalue weighted by molar-refractivity contribution is 5.93. The van der Waals surface area contributed by atoms with Crippen LogP contribution in [0, 0.1) is 5.92 Å². The van der Waals surface area contributed by atoms with E-state index in [1.165, 1.54) is 12.1 Å². The maximum Gasteiger partial charge on any atom is 0.326 e. The smallest absolute Gasteiger partial charge is 0.326 e. The molecule has 10 nitrogen and oxygen atoms in total. The molecule has 3 amide bonds. The van der Waals surface area contributed by atoms with Gasteiger partial charge < -0.3 is 32.3 Å². The van der Waals surface area contributed by atoms with Crippen LogP contribution in [0.4, 0.5) is 0 Å². The van der Waals surface area contributed by atoms with Crippen molar-refractivity contribution in [1.82, 2.24) is 10.6 Å². The molecule has 0 aliphatic carbocycles. The van der Waals surface area contributed by atoms with E-state index >= 15 is 0 Å². The van der Waals surface area contributed by atoms with Gasteiger partial charge in [-0.05, 0) is 36.5 Å². The molecule has 29 heavy (non-hydrogen) atoms. The number of aliphatic carboxylic acids is 1. The Hall–Kier alpha value is -3.14. The molecular weight excluding hydrogens is 380 g/mol. The Morgan fingerprint density at radius 3 is 2.03 bits per heavy atom. The molecule has 1 rings (SSSR count). The van der Waals surface area contributed by atoms with Crippen LogP contribution < -0.4 is 22.1 Å². The fourth-order valence-corrected chi connectivity index (χ4v) is 2.63. The highest BCUT2D eigenvalue weighted by Gasteiger charge is 2.29. The number of primary amides is 1. The molecule has 0 aliphatic rings. The lowest BCUT2D eigenvalue weighted by atomic mass is 10.0. The van der Waals surface area contributed by atoms with Gasteiger partial charge in [-0.25, -0.2) is 4.79 Å². The van der Waals surface area contributed by atoms with E-state index in [0.29, 0.717) is 0 Å². The molecule has 0 bridgehead atoms. The van der Waals surface area contributed by atoms with Crippen LogP contribution in [0.3, 0.4) is 0 Å². The molecule has 0 aromatic heterocycles. The molecule has 160 valence electrons. The number of carbonyl (C=O) groups is 4. The second kappa shape index (κ2) is 11.0. The summed E-state index contributed by atoms with van der Waals surface area (Å²) >= 11 is 0. The first-order valence-electron chi connectivity index (χ1n) is 9.15. The highest BCUT2D eigenvalue weighted by atomic mass is 16.4. The molecule has 3 atom stereocenters. The van der Waals surface area contributed by atoms with Crippen molar-refractivity contribution in [3.8, 4) is 5.75 Å². The van der Waals surface area contributed by atoms with Crippen molar-refractivity contribution in [2.45, 2.75) is 51.2 Å². The second-order valence-electron chi connectivity index (χ2n) is 7.24. The number of nitrogens with two attached hydrogens (primary N) is 2. The van der Waals surface area contributed by atoms with Crippen molar-refractivity contribution < 1.29 is 29.4 Å². The van der Waals surface area contributed by atoms with E-state index in [4.69, 9.17) is 16.6 Å². The van der Waals surface area contributed by atoms with Crippen molar-refractivity contribution in [1.29, 1.82) is 0 Å². The van der Waals surface area contributed by atoms with Crippen LogP contribution in [0.25, 0.3) is 0 Å². The molecule has 10 heteroatoms. The van der Waals surface area contributed by atoms with Gasteiger partial charge >= 0.3 is 5.97 Å². The van der Waals surface area contributed by atoms with Crippen LogP contribution in [0.5, 0.6) is 5.75 Å². The topological polar surface area (TPSA) is 185 Å². The van der Waals surface area contributed by atoms with Crippen molar-refractivity contribution >= 4 is 23.7 Å². The standard InChI is InChI=1S/C19H28N4O6/c1-10(2)7-14(18(27)23-15(19(28)29)9-16(21)25)22-17(26)13(20)8-11-3-5-12(24)6-4-11/h3-6,10,13-15,24H,7-9,20H2,1-2H3,(H2,21,25)(H,22,26)(H,23,27)(H,28,29). The predicted octanol–water partition coefficient (Wildman–Crippen LogP) is -0.762. The number of carbonyl (C=O) groups excluding carboxylic acids is 3. The number of benzene rings is 1. The number of amides is 3. The normalized spacial score (nSPS) is 13.9. The minimum Gasteiger partial charge on any atom is -0.508 e. The van der Waals surface area contributed by atoms with Gasteiger partial charge in [-0.3, -0.25) is 14.4 Å². The molecule has 0 spiro atoms. The van der Waals surface area contributed by atoms with Gasteiger partial charge in [0.15, 0.2) is 0 Å². The Morgan fingerprint density at radius 2 is 1.55 bits per heavy atom. The van der Waals surface area contributed by atoms with Crippen molar-refractivity contribution in [3.05, 3.63) is 29.8 Å². The van der Waals surface area contributed by atoms with E-state index in [-0.39, 0.29) is 24.5 Å². The SMILES string of the molecule is CC(C)CC(NC(=O)C(N)Cc1ccc(O)cc1)C(=O)NC(CC(N)=O)C(=O)O. The Bertz CT molecular complexity index is 735. The number of aromatic hydroxyl groups is 1. The third-order valence-electron chi connectivity index (χ3n) is 4.09. The van der Waals surface area contributed by atoms with E-state index in [1.54, 1.807) is 12.1 Å². The molecule has 0 saturated heterocycles. The monoisotopic (exact) mass is 408 g/mol. The second-order valence-corrected chi connectivity index (χ2v) is 7.24. The van der Waals surface area contributed by atoms with Gasteiger partial charge in [-0.15, -0.1) is 0 Å². The van der Waals surface area contributed by atoms with Gasteiger partial charge in [0.25, 0.3) is 0 Å². The summed E-state index contributed by atoms with van der Waals surface area (Å²) in [6.07, 6.45) is -0.141. The molecule has 8 N–H and O–H groups in total. The molecule has 0 saturated carbocycles. The first-order valence-corrected chi connectivity index (χ1v) is 9.15. The largest absolute Gasteiger partial charge is 0.508 e. The molecule has 1 aromatic carbocycles. The lowest BCUT2D eigenvalue weighted by Gasteiger charge is -2.24. The summed E-state index contributed by atoms with van der Waals surface area (Å²) in [6, 6.07) is 2.73. The number of hydrogen-bond donors (Lipinski definition) is 6. The molecule has 0 radical (unpaired) electrons. The number of phenolic OH excluding ortho intramolecular Hbond substituents is 1. The maximum absolute atomic E-state index is 12.5. The summed E-state index contributed by atoms with van der Waals surface area (Å²) in [5, 5.41) is 23.2. The number of phenols is 1. The van der Waals surface area contributed by atoms with Crippen LogP contribution in [-0.4, -0.2) is 52.0 Å². The maximum atomic E-state index is 12.5. The van der Waals surface area contributed by atoms with Crippen molar-refractivity contribution in [2.24, 2.45) is 17.4 Å². The quantitative estimate of drug-likeness (QED) is 0.278. The number of carboxylic acids is 1. The zero-order chi connectivity index (χ0) is 22.1. The minimum absolute atomic E-state index is 0.0128. The zero-order valence-electron chi connectivity index (χ0n) is 16.4. The van der Waals surface area contributed by atoms with E-state index in [9.17, 15) is 24.3 Å². The minimum atomic E-state index is -1.49. The molecule has 0 heterocycles. The third kappa shape index (κ3) is 8.60. The van der Waals surface area contributed by atoms with Gasteiger partial charge in [0.05, 0.1) is 12.5 Å². The summed E-state index contributed by atoms with van der Waals surface area (Å²) in [5.74, 6) is -3.50. The van der Waals surface area contributed by atoms with Crippen LogP contribution in [0.1, 0.15) is 32.3 Å². The molecule has 3 unspecified atom stereocenters. The first kappa shape index (κ1) is 23.9. The zero-order valence-corrected chi connectivity index (χ0v) is 16.4. The van der Waals surface area contributed by atoms with Crippen molar-refractivity contribution in [2.75, 3.05) is 0 Å². The van der Waals surface area contributed by atoms with Gasteiger partial charge in [0.2, 0.25) is 17.7 Å². The van der Waals surface area contributed by atoms with E-state index in [1.807, 2.05) is 13.8 Å². The number of hydrogen-bond acceptors (Lipinski definition) is 6. The molecular formula is C19H28N4O6. The highest BCUT2D eigenvalue weighted by Crippen LogP contribution is 2.11.